The summed E-state index contributed by atoms with van der Waals surface area (Å²) in [5.41, 5.74) is 1.24. The maximum absolute atomic E-state index is 11.3. The Balaban J connectivity index is 3.35. The van der Waals surface area contributed by atoms with Gasteiger partial charge in [0.2, 0.25) is 0 Å². The van der Waals surface area contributed by atoms with Crippen molar-refractivity contribution in [1.82, 2.24) is 4.98 Å². The largest absolute Gasteiger partial charge is 0.504 e. The van der Waals surface area contributed by atoms with Gasteiger partial charge in [0.05, 0.1) is 5.57 Å². The molecule has 4 nitrogen and oxygen atoms in total. The number of carbonyl (C=O) groups is 2. The second kappa shape index (κ2) is 4.50. The van der Waals surface area contributed by atoms with Crippen LogP contribution in [-0.4, -0.2) is 22.2 Å². The average Bonchev–Trinajstić information content (AvgIpc) is 2.17. The molecular formula is C11H11NO3. The summed E-state index contributed by atoms with van der Waals surface area (Å²) in [5.74, 6) is -0.904. The summed E-state index contributed by atoms with van der Waals surface area (Å²) >= 11 is 0. The van der Waals surface area contributed by atoms with Crippen LogP contribution in [0.25, 0.3) is 5.57 Å². The lowest BCUT2D eigenvalue weighted by Crippen LogP contribution is -2.02. The monoisotopic (exact) mass is 205 g/mol. The number of allylic oxidation sites excluding steroid dienone is 2. The molecule has 0 spiro atoms. The molecule has 0 saturated carbocycles. The van der Waals surface area contributed by atoms with Gasteiger partial charge < -0.3 is 5.11 Å². The minimum absolute atomic E-state index is 0.0236. The van der Waals surface area contributed by atoms with E-state index in [1.807, 2.05) is 0 Å². The van der Waals surface area contributed by atoms with Gasteiger partial charge >= 0.3 is 0 Å². The molecule has 4 heteroatoms. The van der Waals surface area contributed by atoms with E-state index in [1.165, 1.54) is 13.1 Å². The number of rotatable bonds is 3. The van der Waals surface area contributed by atoms with Crippen molar-refractivity contribution in [2.75, 3.05) is 0 Å². The van der Waals surface area contributed by atoms with Crippen LogP contribution in [0.5, 0.6) is 0 Å². The maximum Gasteiger partial charge on any atom is 0.185 e. The molecule has 0 unspecified atom stereocenters. The number of hydrogen-bond donors (Lipinski definition) is 1. The first kappa shape index (κ1) is 11.1. The number of aliphatic hydroxyl groups is 1. The molecule has 1 aromatic rings. The summed E-state index contributed by atoms with van der Waals surface area (Å²) in [6.45, 7) is 3.06. The van der Waals surface area contributed by atoms with E-state index < -0.39 is 5.76 Å². The van der Waals surface area contributed by atoms with Crippen LogP contribution in [0.2, 0.25) is 0 Å². The molecule has 1 rings (SSSR count). The van der Waals surface area contributed by atoms with E-state index in [0.29, 0.717) is 11.3 Å². The fourth-order valence-corrected chi connectivity index (χ4v) is 1.29. The first-order valence-electron chi connectivity index (χ1n) is 4.38. The summed E-state index contributed by atoms with van der Waals surface area (Å²) in [7, 11) is 0. The zero-order valence-electron chi connectivity index (χ0n) is 8.52. The Kier molecular flexibility index (Phi) is 3.33. The molecular weight excluding hydrogens is 194 g/mol. The summed E-state index contributed by atoms with van der Waals surface area (Å²) in [6, 6.07) is 3.21. The highest BCUT2D eigenvalue weighted by Crippen LogP contribution is 2.18. The average molecular weight is 205 g/mol. The summed E-state index contributed by atoms with van der Waals surface area (Å²) in [4.78, 5) is 25.7. The van der Waals surface area contributed by atoms with Gasteiger partial charge in [-0.05, 0) is 31.5 Å². The Bertz CT molecular complexity index is 435. The number of carbonyl (C=O) groups excluding carboxylic acids is 2. The van der Waals surface area contributed by atoms with Gasteiger partial charge in [-0.3, -0.25) is 14.6 Å². The molecule has 0 saturated heterocycles. The highest BCUT2D eigenvalue weighted by atomic mass is 16.3. The highest BCUT2D eigenvalue weighted by Gasteiger charge is 2.13. The van der Waals surface area contributed by atoms with Crippen LogP contribution in [0.3, 0.4) is 0 Å². The third kappa shape index (κ3) is 2.49. The van der Waals surface area contributed by atoms with Gasteiger partial charge in [-0.15, -0.1) is 0 Å². The van der Waals surface area contributed by atoms with Crippen LogP contribution in [0.1, 0.15) is 18.2 Å². The number of pyridine rings is 1. The van der Waals surface area contributed by atoms with E-state index in [9.17, 15) is 14.7 Å². The Hall–Kier alpha value is -1.97. The normalized spacial score (nSPS) is 11.9. The minimum Gasteiger partial charge on any atom is -0.504 e. The fraction of sp³-hybridized carbons (Fsp3) is 0.182. The number of Topliss-reactive ketones (excluding diaryl/α,β-unsaturated/α-hetero) is 1. The van der Waals surface area contributed by atoms with Crippen LogP contribution in [-0.2, 0) is 9.59 Å². The fourth-order valence-electron chi connectivity index (χ4n) is 1.29. The Labute approximate surface area is 87.3 Å². The van der Waals surface area contributed by atoms with Crippen molar-refractivity contribution >= 4 is 17.6 Å². The van der Waals surface area contributed by atoms with Crippen LogP contribution in [0.15, 0.2) is 24.1 Å². The van der Waals surface area contributed by atoms with Gasteiger partial charge in [-0.25, -0.2) is 0 Å². The topological polar surface area (TPSA) is 67.3 Å². The van der Waals surface area contributed by atoms with E-state index in [0.717, 1.165) is 0 Å². The number of ketones is 1. The van der Waals surface area contributed by atoms with E-state index >= 15 is 0 Å². The van der Waals surface area contributed by atoms with Crippen LogP contribution < -0.4 is 0 Å². The first-order chi connectivity index (χ1) is 7.06. The molecule has 1 heterocycles. The molecule has 0 aliphatic rings. The third-order valence-corrected chi connectivity index (χ3v) is 1.91. The molecule has 0 amide bonds. The van der Waals surface area contributed by atoms with E-state index in [4.69, 9.17) is 0 Å². The van der Waals surface area contributed by atoms with Crippen LogP contribution >= 0.6 is 0 Å². The molecule has 0 atom stereocenters. The predicted molar refractivity (Wildman–Crippen MR) is 55.3 cm³/mol. The lowest BCUT2D eigenvalue weighted by atomic mass is 10.0. The Morgan fingerprint density at radius 3 is 2.67 bits per heavy atom. The first-order valence-corrected chi connectivity index (χ1v) is 4.38. The van der Waals surface area contributed by atoms with Gasteiger partial charge in [0.1, 0.15) is 0 Å². The summed E-state index contributed by atoms with van der Waals surface area (Å²) in [5, 5.41) is 9.30. The molecule has 0 aromatic carbocycles. The number of nitrogens with zero attached hydrogens (tertiary/aromatic N) is 1. The van der Waals surface area contributed by atoms with Crippen molar-refractivity contribution in [3.8, 4) is 0 Å². The molecule has 15 heavy (non-hydrogen) atoms. The van der Waals surface area contributed by atoms with Crippen molar-refractivity contribution < 1.29 is 14.7 Å². The molecule has 78 valence electrons. The van der Waals surface area contributed by atoms with Crippen LogP contribution in [0.4, 0.5) is 0 Å². The second-order valence-electron chi connectivity index (χ2n) is 3.12. The third-order valence-electron chi connectivity index (χ3n) is 1.91. The SMILES string of the molecule is CC(=O)/C(=C(/O)C=O)c1ccnc(C)c1. The molecule has 0 aliphatic heterocycles. The molecule has 1 N–H and O–H groups in total. The lowest BCUT2D eigenvalue weighted by molar-refractivity contribution is -0.112. The summed E-state index contributed by atoms with van der Waals surface area (Å²) in [6.07, 6.45) is 1.78. The van der Waals surface area contributed by atoms with E-state index in [-0.39, 0.29) is 17.6 Å². The van der Waals surface area contributed by atoms with E-state index in [2.05, 4.69) is 4.98 Å². The van der Waals surface area contributed by atoms with Crippen LogP contribution in [0, 0.1) is 6.92 Å². The zero-order chi connectivity index (χ0) is 11.4. The van der Waals surface area contributed by atoms with Crippen molar-refractivity contribution in [1.29, 1.82) is 0 Å². The maximum atomic E-state index is 11.3. The molecule has 0 aliphatic carbocycles. The minimum atomic E-state index is -0.548. The molecule has 0 radical (unpaired) electrons. The number of aryl methyl sites for hydroxylation is 1. The second-order valence-corrected chi connectivity index (χ2v) is 3.12. The number of aliphatic hydroxyl groups excluding tert-OH is 1. The van der Waals surface area contributed by atoms with E-state index in [1.54, 1.807) is 19.1 Å². The molecule has 0 fully saturated rings. The van der Waals surface area contributed by atoms with Gasteiger partial charge in [0, 0.05) is 11.9 Å². The van der Waals surface area contributed by atoms with Crippen molar-refractivity contribution in [3.63, 3.8) is 0 Å². The Morgan fingerprint density at radius 1 is 1.53 bits per heavy atom. The standard InChI is InChI=1S/C11H11NO3/c1-7-5-9(3-4-12-7)11(8(2)14)10(15)6-13/h3-6,15H,1-2H3/b11-10-. The van der Waals surface area contributed by atoms with Crippen molar-refractivity contribution in [3.05, 3.63) is 35.3 Å². The predicted octanol–water partition coefficient (Wildman–Crippen LogP) is 1.45. The number of hydrogen-bond acceptors (Lipinski definition) is 4. The molecule has 1 aromatic heterocycles. The van der Waals surface area contributed by atoms with Gasteiger partial charge in [0.15, 0.2) is 17.8 Å². The zero-order valence-corrected chi connectivity index (χ0v) is 8.52. The number of aromatic nitrogens is 1. The smallest absolute Gasteiger partial charge is 0.185 e. The quantitative estimate of drug-likeness (QED) is 0.460. The highest BCUT2D eigenvalue weighted by molar-refractivity contribution is 6.22. The number of aldehydes is 1. The van der Waals surface area contributed by atoms with Crippen molar-refractivity contribution in [2.24, 2.45) is 0 Å². The summed E-state index contributed by atoms with van der Waals surface area (Å²) < 4.78 is 0. The molecule has 0 bridgehead atoms. The lowest BCUT2D eigenvalue weighted by Gasteiger charge is -2.04. The van der Waals surface area contributed by atoms with Gasteiger partial charge in [0.25, 0.3) is 0 Å². The van der Waals surface area contributed by atoms with Crippen molar-refractivity contribution in [2.45, 2.75) is 13.8 Å². The van der Waals surface area contributed by atoms with Gasteiger partial charge in [-0.2, -0.15) is 0 Å². The van der Waals surface area contributed by atoms with Gasteiger partial charge in [-0.1, -0.05) is 0 Å². The Morgan fingerprint density at radius 2 is 2.20 bits per heavy atom.